The number of rotatable bonds is 3. The van der Waals surface area contributed by atoms with Gasteiger partial charge in [-0.05, 0) is 37.3 Å². The fourth-order valence-electron chi connectivity index (χ4n) is 1.60. The van der Waals surface area contributed by atoms with Crippen molar-refractivity contribution in [3.8, 4) is 0 Å². The molecule has 0 aliphatic heterocycles. The summed E-state index contributed by atoms with van der Waals surface area (Å²) in [6.45, 7) is 8.13. The predicted octanol–water partition coefficient (Wildman–Crippen LogP) is 4.18. The monoisotopic (exact) mass is 174 g/mol. The molecule has 0 saturated carbocycles. The van der Waals surface area contributed by atoms with Crippen molar-refractivity contribution in [1.82, 2.24) is 0 Å². The van der Waals surface area contributed by atoms with Crippen LogP contribution in [0.2, 0.25) is 0 Å². The minimum absolute atomic E-state index is 1.10. The molecule has 0 nitrogen and oxygen atoms in total. The Morgan fingerprint density at radius 3 is 2.69 bits per heavy atom. The molecule has 1 aliphatic rings. The highest BCUT2D eigenvalue weighted by atomic mass is 14.1. The lowest BCUT2D eigenvalue weighted by molar-refractivity contribution is 0.894. The zero-order valence-electron chi connectivity index (χ0n) is 8.64. The van der Waals surface area contributed by atoms with E-state index in [2.05, 4.69) is 38.7 Å². The van der Waals surface area contributed by atoms with E-state index in [1.54, 1.807) is 0 Å². The van der Waals surface area contributed by atoms with Gasteiger partial charge in [0.05, 0.1) is 0 Å². The van der Waals surface area contributed by atoms with Crippen molar-refractivity contribution >= 4 is 0 Å². The van der Waals surface area contributed by atoms with Crippen molar-refractivity contribution in [3.63, 3.8) is 0 Å². The summed E-state index contributed by atoms with van der Waals surface area (Å²) < 4.78 is 0. The first-order valence-corrected chi connectivity index (χ1v) is 4.96. The Labute approximate surface area is 81.4 Å². The Balaban J connectivity index is 2.82. The lowest BCUT2D eigenvalue weighted by Gasteiger charge is -2.13. The molecule has 0 aromatic heterocycles. The molecule has 0 aromatic rings. The van der Waals surface area contributed by atoms with Gasteiger partial charge in [-0.2, -0.15) is 0 Å². The Kier molecular flexibility index (Phi) is 3.75. The fourth-order valence-corrected chi connectivity index (χ4v) is 1.60. The van der Waals surface area contributed by atoms with Crippen molar-refractivity contribution < 1.29 is 0 Å². The minimum Gasteiger partial charge on any atom is -0.0991 e. The van der Waals surface area contributed by atoms with Crippen LogP contribution in [0, 0.1) is 0 Å². The number of hydrogen-bond donors (Lipinski definition) is 0. The standard InChI is InChI=1S/C13H18/c1-4-6-12(5-2)13-9-7-11(3)8-10-13/h4,6-7,9H,1,5,8,10H2,2-3H3/b12-6+. The molecule has 0 amide bonds. The average molecular weight is 174 g/mol. The van der Waals surface area contributed by atoms with Crippen LogP contribution in [0.15, 0.2) is 47.6 Å². The molecule has 0 spiro atoms. The zero-order chi connectivity index (χ0) is 9.68. The second-order valence-corrected chi connectivity index (χ2v) is 3.49. The summed E-state index contributed by atoms with van der Waals surface area (Å²) in [6.07, 6.45) is 12.0. The van der Waals surface area contributed by atoms with E-state index in [0.717, 1.165) is 6.42 Å². The van der Waals surface area contributed by atoms with Crippen LogP contribution in [0.25, 0.3) is 0 Å². The van der Waals surface area contributed by atoms with Crippen molar-refractivity contribution in [2.24, 2.45) is 0 Å². The molecule has 0 atom stereocenters. The third-order valence-electron chi connectivity index (χ3n) is 2.47. The predicted molar refractivity (Wildman–Crippen MR) is 59.6 cm³/mol. The van der Waals surface area contributed by atoms with E-state index < -0.39 is 0 Å². The maximum atomic E-state index is 3.74. The van der Waals surface area contributed by atoms with Gasteiger partial charge in [0.1, 0.15) is 0 Å². The van der Waals surface area contributed by atoms with Gasteiger partial charge in [0.25, 0.3) is 0 Å². The molecule has 0 fully saturated rings. The lowest BCUT2D eigenvalue weighted by atomic mass is 9.92. The molecular formula is C13H18. The summed E-state index contributed by atoms with van der Waals surface area (Å²) in [4.78, 5) is 0. The highest BCUT2D eigenvalue weighted by Gasteiger charge is 2.05. The third kappa shape index (κ3) is 2.73. The van der Waals surface area contributed by atoms with Crippen LogP contribution in [0.3, 0.4) is 0 Å². The van der Waals surface area contributed by atoms with Gasteiger partial charge in [-0.1, -0.05) is 43.4 Å². The topological polar surface area (TPSA) is 0 Å². The van der Waals surface area contributed by atoms with Gasteiger partial charge in [-0.25, -0.2) is 0 Å². The second-order valence-electron chi connectivity index (χ2n) is 3.49. The van der Waals surface area contributed by atoms with E-state index in [-0.39, 0.29) is 0 Å². The van der Waals surface area contributed by atoms with E-state index in [9.17, 15) is 0 Å². The first kappa shape index (κ1) is 10.0. The van der Waals surface area contributed by atoms with Crippen LogP contribution in [-0.4, -0.2) is 0 Å². The first-order chi connectivity index (χ1) is 6.27. The van der Waals surface area contributed by atoms with Gasteiger partial charge >= 0.3 is 0 Å². The molecule has 1 aliphatic carbocycles. The maximum Gasteiger partial charge on any atom is -0.0239 e. The Morgan fingerprint density at radius 1 is 1.46 bits per heavy atom. The SMILES string of the molecule is C=C/C=C(\CC)C1=CC=C(C)CC1. The average Bonchev–Trinajstić information content (AvgIpc) is 2.16. The van der Waals surface area contributed by atoms with Crippen molar-refractivity contribution in [2.75, 3.05) is 0 Å². The fraction of sp³-hybridized carbons (Fsp3) is 0.385. The molecule has 13 heavy (non-hydrogen) atoms. The molecule has 0 saturated heterocycles. The van der Waals surface area contributed by atoms with Crippen LogP contribution in [0.4, 0.5) is 0 Å². The van der Waals surface area contributed by atoms with Gasteiger partial charge in [0, 0.05) is 0 Å². The third-order valence-corrected chi connectivity index (χ3v) is 2.47. The quantitative estimate of drug-likeness (QED) is 0.563. The highest BCUT2D eigenvalue weighted by molar-refractivity contribution is 5.38. The van der Waals surface area contributed by atoms with Gasteiger partial charge in [-0.15, -0.1) is 0 Å². The van der Waals surface area contributed by atoms with Gasteiger partial charge in [0.15, 0.2) is 0 Å². The van der Waals surface area contributed by atoms with Gasteiger partial charge in [0.2, 0.25) is 0 Å². The smallest absolute Gasteiger partial charge is 0.0239 e. The molecule has 0 bridgehead atoms. The molecule has 0 radical (unpaired) electrons. The van der Waals surface area contributed by atoms with Crippen LogP contribution in [-0.2, 0) is 0 Å². The van der Waals surface area contributed by atoms with Crippen molar-refractivity contribution in [1.29, 1.82) is 0 Å². The van der Waals surface area contributed by atoms with Crippen molar-refractivity contribution in [2.45, 2.75) is 33.1 Å². The van der Waals surface area contributed by atoms with E-state index in [0.29, 0.717) is 0 Å². The molecule has 70 valence electrons. The number of hydrogen-bond acceptors (Lipinski definition) is 0. The van der Waals surface area contributed by atoms with Crippen LogP contribution in [0.5, 0.6) is 0 Å². The van der Waals surface area contributed by atoms with Crippen LogP contribution in [0.1, 0.15) is 33.1 Å². The minimum atomic E-state index is 1.10. The summed E-state index contributed by atoms with van der Waals surface area (Å²) >= 11 is 0. The second kappa shape index (κ2) is 4.86. The Morgan fingerprint density at radius 2 is 2.23 bits per heavy atom. The molecule has 1 rings (SSSR count). The zero-order valence-corrected chi connectivity index (χ0v) is 8.64. The van der Waals surface area contributed by atoms with Crippen molar-refractivity contribution in [3.05, 3.63) is 47.6 Å². The van der Waals surface area contributed by atoms with Crippen LogP contribution < -0.4 is 0 Å². The maximum absolute atomic E-state index is 3.74. The van der Waals surface area contributed by atoms with Gasteiger partial charge in [-0.3, -0.25) is 0 Å². The largest absolute Gasteiger partial charge is 0.0991 e. The molecule has 0 heterocycles. The van der Waals surface area contributed by atoms with Crippen LogP contribution >= 0.6 is 0 Å². The Hall–Kier alpha value is -1.04. The summed E-state index contributed by atoms with van der Waals surface area (Å²) in [5.41, 5.74) is 4.39. The summed E-state index contributed by atoms with van der Waals surface area (Å²) in [5.74, 6) is 0. The summed E-state index contributed by atoms with van der Waals surface area (Å²) in [7, 11) is 0. The summed E-state index contributed by atoms with van der Waals surface area (Å²) in [6, 6.07) is 0. The Bertz CT molecular complexity index is 274. The molecular weight excluding hydrogens is 156 g/mol. The van der Waals surface area contributed by atoms with E-state index >= 15 is 0 Å². The normalized spacial score (nSPS) is 17.8. The van der Waals surface area contributed by atoms with E-state index in [1.807, 2.05) is 6.08 Å². The summed E-state index contributed by atoms with van der Waals surface area (Å²) in [5, 5.41) is 0. The molecule has 0 aromatic carbocycles. The number of allylic oxidation sites excluding steroid dienone is 7. The highest BCUT2D eigenvalue weighted by Crippen LogP contribution is 2.25. The van der Waals surface area contributed by atoms with E-state index in [1.165, 1.54) is 29.6 Å². The molecule has 0 N–H and O–H groups in total. The first-order valence-electron chi connectivity index (χ1n) is 4.96. The molecule has 0 heteroatoms. The lowest BCUT2D eigenvalue weighted by Crippen LogP contribution is -1.94. The molecule has 0 unspecified atom stereocenters. The van der Waals surface area contributed by atoms with E-state index in [4.69, 9.17) is 0 Å². The van der Waals surface area contributed by atoms with Gasteiger partial charge < -0.3 is 0 Å².